The van der Waals surface area contributed by atoms with E-state index in [0.717, 1.165) is 34.8 Å². The highest BCUT2D eigenvalue weighted by atomic mass is 32.2. The number of aryl methyl sites for hydroxylation is 2. The van der Waals surface area contributed by atoms with E-state index in [2.05, 4.69) is 48.4 Å². The van der Waals surface area contributed by atoms with Gasteiger partial charge in [0.05, 0.1) is 16.0 Å². The van der Waals surface area contributed by atoms with E-state index in [1.165, 1.54) is 15.8 Å². The van der Waals surface area contributed by atoms with Gasteiger partial charge in [-0.15, -0.1) is 23.1 Å². The zero-order valence-electron chi connectivity index (χ0n) is 14.5. The number of benzene rings is 2. The molecule has 3 aromatic rings. The third kappa shape index (κ3) is 4.41. The van der Waals surface area contributed by atoms with E-state index in [0.29, 0.717) is 5.75 Å². The van der Waals surface area contributed by atoms with E-state index in [-0.39, 0.29) is 5.91 Å². The highest BCUT2D eigenvalue weighted by Crippen LogP contribution is 2.26. The number of aromatic nitrogens is 1. The number of nitrogens with zero attached hydrogens (tertiary/aromatic N) is 1. The second kappa shape index (κ2) is 8.50. The average molecular weight is 371 g/mol. The molecule has 1 heterocycles. The van der Waals surface area contributed by atoms with Gasteiger partial charge < -0.3 is 5.32 Å². The van der Waals surface area contributed by atoms with Crippen LogP contribution in [0.5, 0.6) is 0 Å². The van der Waals surface area contributed by atoms with Crippen LogP contribution in [0.25, 0.3) is 10.2 Å². The van der Waals surface area contributed by atoms with Gasteiger partial charge in [0, 0.05) is 11.4 Å². The van der Waals surface area contributed by atoms with Gasteiger partial charge in [0.15, 0.2) is 0 Å². The molecule has 0 aliphatic rings. The van der Waals surface area contributed by atoms with Crippen LogP contribution in [0, 0.1) is 0 Å². The predicted octanol–water partition coefficient (Wildman–Crippen LogP) is 5.29. The van der Waals surface area contributed by atoms with E-state index in [1.54, 1.807) is 23.1 Å². The highest BCUT2D eigenvalue weighted by Gasteiger charge is 2.11. The molecule has 1 amide bonds. The standard InChI is InChI=1S/C20H22N2OS2/c1-3-14-8-7-9-15(4-2)20(14)22-18(23)12-24-13-19-21-16-10-5-6-11-17(16)25-19/h5-11H,3-4,12-13H2,1-2H3,(H,22,23). The molecular weight excluding hydrogens is 348 g/mol. The number of carbonyl (C=O) groups excluding carboxylic acids is 1. The largest absolute Gasteiger partial charge is 0.325 e. The first kappa shape index (κ1) is 18.0. The molecule has 2 aromatic carbocycles. The monoisotopic (exact) mass is 370 g/mol. The number of thiazole rings is 1. The van der Waals surface area contributed by atoms with Crippen LogP contribution in [0.15, 0.2) is 42.5 Å². The van der Waals surface area contributed by atoms with Crippen LogP contribution in [0.4, 0.5) is 5.69 Å². The minimum absolute atomic E-state index is 0.0571. The first-order valence-electron chi connectivity index (χ1n) is 8.54. The van der Waals surface area contributed by atoms with Gasteiger partial charge in [-0.3, -0.25) is 4.79 Å². The van der Waals surface area contributed by atoms with Crippen LogP contribution in [-0.4, -0.2) is 16.6 Å². The summed E-state index contributed by atoms with van der Waals surface area (Å²) in [6.07, 6.45) is 1.84. The van der Waals surface area contributed by atoms with Crippen molar-refractivity contribution in [2.45, 2.75) is 32.4 Å². The molecule has 1 aromatic heterocycles. The maximum atomic E-state index is 12.4. The lowest BCUT2D eigenvalue weighted by molar-refractivity contribution is -0.113. The molecule has 0 atom stereocenters. The van der Waals surface area contributed by atoms with Gasteiger partial charge in [0.2, 0.25) is 5.91 Å². The quantitative estimate of drug-likeness (QED) is 0.614. The number of hydrogen-bond acceptors (Lipinski definition) is 4. The van der Waals surface area contributed by atoms with Crippen molar-refractivity contribution in [2.75, 3.05) is 11.1 Å². The molecule has 3 nitrogen and oxygen atoms in total. The van der Waals surface area contributed by atoms with Crippen LogP contribution in [0.2, 0.25) is 0 Å². The SMILES string of the molecule is CCc1cccc(CC)c1NC(=O)CSCc1nc2ccccc2s1. The molecule has 0 spiro atoms. The zero-order valence-corrected chi connectivity index (χ0v) is 16.2. The molecule has 0 unspecified atom stereocenters. The fourth-order valence-corrected chi connectivity index (χ4v) is 4.64. The van der Waals surface area contributed by atoms with Crippen molar-refractivity contribution < 1.29 is 4.79 Å². The lowest BCUT2D eigenvalue weighted by Gasteiger charge is -2.14. The number of rotatable bonds is 7. The summed E-state index contributed by atoms with van der Waals surface area (Å²) in [4.78, 5) is 17.0. The minimum atomic E-state index is 0.0571. The van der Waals surface area contributed by atoms with Gasteiger partial charge in [-0.1, -0.05) is 44.2 Å². The van der Waals surface area contributed by atoms with E-state index >= 15 is 0 Å². The Kier molecular flexibility index (Phi) is 6.10. The summed E-state index contributed by atoms with van der Waals surface area (Å²) in [5.41, 5.74) is 4.43. The fourth-order valence-electron chi connectivity index (χ4n) is 2.79. The number of anilines is 1. The van der Waals surface area contributed by atoms with Gasteiger partial charge in [0.1, 0.15) is 5.01 Å². The molecule has 0 saturated heterocycles. The summed E-state index contributed by atoms with van der Waals surface area (Å²) >= 11 is 3.31. The Morgan fingerprint density at radius 3 is 2.48 bits per heavy atom. The molecule has 0 saturated carbocycles. The Labute approximate surface area is 156 Å². The normalized spacial score (nSPS) is 11.0. The number of para-hydroxylation sites is 2. The van der Waals surface area contributed by atoms with Crippen LogP contribution >= 0.6 is 23.1 Å². The Morgan fingerprint density at radius 1 is 1.08 bits per heavy atom. The summed E-state index contributed by atoms with van der Waals surface area (Å²) in [6, 6.07) is 14.4. The second-order valence-corrected chi connectivity index (χ2v) is 7.88. The third-order valence-corrected chi connectivity index (χ3v) is 6.22. The second-order valence-electron chi connectivity index (χ2n) is 5.77. The predicted molar refractivity (Wildman–Crippen MR) is 110 cm³/mol. The average Bonchev–Trinajstić information content (AvgIpc) is 3.04. The Balaban J connectivity index is 1.58. The van der Waals surface area contributed by atoms with Gasteiger partial charge in [-0.2, -0.15) is 0 Å². The highest BCUT2D eigenvalue weighted by molar-refractivity contribution is 7.99. The molecule has 5 heteroatoms. The molecule has 1 N–H and O–H groups in total. The topological polar surface area (TPSA) is 42.0 Å². The number of fused-ring (bicyclic) bond motifs is 1. The van der Waals surface area contributed by atoms with Gasteiger partial charge in [-0.25, -0.2) is 4.98 Å². The van der Waals surface area contributed by atoms with E-state index in [9.17, 15) is 4.79 Å². The Morgan fingerprint density at radius 2 is 1.80 bits per heavy atom. The third-order valence-electron chi connectivity index (χ3n) is 4.06. The summed E-state index contributed by atoms with van der Waals surface area (Å²) in [6.45, 7) is 4.23. The Hall–Kier alpha value is -1.85. The summed E-state index contributed by atoms with van der Waals surface area (Å²) in [5, 5.41) is 4.19. The fraction of sp³-hybridized carbons (Fsp3) is 0.300. The summed E-state index contributed by atoms with van der Waals surface area (Å²) in [5.74, 6) is 1.27. The molecule has 0 bridgehead atoms. The van der Waals surface area contributed by atoms with Crippen LogP contribution in [0.3, 0.4) is 0 Å². The van der Waals surface area contributed by atoms with Crippen molar-refractivity contribution in [2.24, 2.45) is 0 Å². The maximum Gasteiger partial charge on any atom is 0.234 e. The smallest absolute Gasteiger partial charge is 0.234 e. The maximum absolute atomic E-state index is 12.4. The number of nitrogens with one attached hydrogen (secondary N) is 1. The zero-order chi connectivity index (χ0) is 17.6. The lowest BCUT2D eigenvalue weighted by Crippen LogP contribution is -2.16. The molecule has 0 aliphatic heterocycles. The number of amides is 1. The lowest BCUT2D eigenvalue weighted by atomic mass is 10.0. The molecule has 130 valence electrons. The first-order chi connectivity index (χ1) is 12.2. The van der Waals surface area contributed by atoms with Gasteiger partial charge >= 0.3 is 0 Å². The van der Waals surface area contributed by atoms with Crippen molar-refractivity contribution in [3.05, 3.63) is 58.6 Å². The van der Waals surface area contributed by atoms with Crippen molar-refractivity contribution in [1.82, 2.24) is 4.98 Å². The summed E-state index contributed by atoms with van der Waals surface area (Å²) < 4.78 is 1.20. The van der Waals surface area contributed by atoms with Gasteiger partial charge in [-0.05, 0) is 36.1 Å². The van der Waals surface area contributed by atoms with Crippen molar-refractivity contribution >= 4 is 44.9 Å². The molecule has 0 radical (unpaired) electrons. The molecule has 3 rings (SSSR count). The number of carbonyl (C=O) groups is 1. The van der Waals surface area contributed by atoms with Crippen LogP contribution in [0.1, 0.15) is 30.0 Å². The molecule has 0 fully saturated rings. The van der Waals surface area contributed by atoms with E-state index < -0.39 is 0 Å². The number of thioether (sulfide) groups is 1. The molecular formula is C20H22N2OS2. The summed E-state index contributed by atoms with van der Waals surface area (Å²) in [7, 11) is 0. The van der Waals surface area contributed by atoms with Crippen LogP contribution < -0.4 is 5.32 Å². The van der Waals surface area contributed by atoms with E-state index in [4.69, 9.17) is 0 Å². The number of hydrogen-bond donors (Lipinski definition) is 1. The van der Waals surface area contributed by atoms with Crippen molar-refractivity contribution in [3.8, 4) is 0 Å². The minimum Gasteiger partial charge on any atom is -0.325 e. The molecule has 0 aliphatic carbocycles. The van der Waals surface area contributed by atoms with Crippen molar-refractivity contribution in [3.63, 3.8) is 0 Å². The first-order valence-corrected chi connectivity index (χ1v) is 10.5. The molecule has 25 heavy (non-hydrogen) atoms. The Bertz CT molecular complexity index is 818. The van der Waals surface area contributed by atoms with Gasteiger partial charge in [0.25, 0.3) is 0 Å². The van der Waals surface area contributed by atoms with E-state index in [1.807, 2.05) is 18.2 Å². The van der Waals surface area contributed by atoms with Crippen molar-refractivity contribution in [1.29, 1.82) is 0 Å². The van der Waals surface area contributed by atoms with Crippen LogP contribution in [-0.2, 0) is 23.4 Å².